The Labute approximate surface area is 249 Å². The van der Waals surface area contributed by atoms with Gasteiger partial charge in [-0.05, 0) is 59.0 Å². The van der Waals surface area contributed by atoms with Crippen molar-refractivity contribution in [1.29, 1.82) is 0 Å². The average molecular weight is 569 g/mol. The minimum atomic E-state index is -0.718. The van der Waals surface area contributed by atoms with Crippen LogP contribution in [0.3, 0.4) is 0 Å². The third kappa shape index (κ3) is 6.41. The smallest absolute Gasteiger partial charge is 0.363 e. The highest BCUT2D eigenvalue weighted by Gasteiger charge is 2.33. The fraction of sp³-hybridized carbons (Fsp3) is 0.0556. The topological polar surface area (TPSA) is 85.3 Å². The lowest BCUT2D eigenvalue weighted by Crippen LogP contribution is -2.49. The Hall–Kier alpha value is -5.82. The summed E-state index contributed by atoms with van der Waals surface area (Å²) in [4.78, 5) is 53.0. The lowest BCUT2D eigenvalue weighted by molar-refractivity contribution is -0.641. The first-order valence-corrected chi connectivity index (χ1v) is 13.7. The van der Waals surface area contributed by atoms with Crippen LogP contribution in [0.15, 0.2) is 140 Å². The molecule has 5 rings (SSSR count). The van der Waals surface area contributed by atoms with Crippen LogP contribution in [-0.2, 0) is 9.53 Å². The van der Waals surface area contributed by atoms with Gasteiger partial charge in [0.15, 0.2) is 17.3 Å². The van der Waals surface area contributed by atoms with Gasteiger partial charge in [-0.1, -0.05) is 91.0 Å². The second kappa shape index (κ2) is 13.2. The molecule has 7 nitrogen and oxygen atoms in total. The van der Waals surface area contributed by atoms with Crippen LogP contribution < -0.4 is 9.13 Å². The van der Waals surface area contributed by atoms with E-state index in [9.17, 15) is 19.2 Å². The molecule has 0 radical (unpaired) electrons. The van der Waals surface area contributed by atoms with Gasteiger partial charge in [-0.2, -0.15) is 0 Å². The molecule has 5 aromatic rings. The van der Waals surface area contributed by atoms with Gasteiger partial charge in [0, 0.05) is 0 Å². The Kier molecular flexibility index (Phi) is 8.83. The molecule has 0 aliphatic heterocycles. The third-order valence-electron chi connectivity index (χ3n) is 6.73. The van der Waals surface area contributed by atoms with E-state index < -0.39 is 23.3 Å². The molecule has 7 heteroatoms. The Bertz CT molecular complexity index is 1670. The molecule has 0 amide bonds. The molecule has 0 fully saturated rings. The van der Waals surface area contributed by atoms with Crippen molar-refractivity contribution >= 4 is 23.3 Å². The van der Waals surface area contributed by atoms with E-state index in [0.29, 0.717) is 16.7 Å². The summed E-state index contributed by atoms with van der Waals surface area (Å²) in [5, 5.41) is 0. The van der Waals surface area contributed by atoms with Gasteiger partial charge in [0.2, 0.25) is 6.04 Å². The van der Waals surface area contributed by atoms with Crippen molar-refractivity contribution in [3.63, 3.8) is 0 Å². The Morgan fingerprint density at radius 1 is 0.512 bits per heavy atom. The van der Waals surface area contributed by atoms with Crippen LogP contribution in [0.4, 0.5) is 0 Å². The zero-order valence-corrected chi connectivity index (χ0v) is 23.4. The number of carbonyl (C=O) groups is 4. The van der Waals surface area contributed by atoms with E-state index in [2.05, 4.69) is 0 Å². The number of ketones is 3. The zero-order valence-electron chi connectivity index (χ0n) is 23.4. The number of Topliss-reactive ketones (excluding diaryl/α,β-unsaturated/α-hetero) is 3. The van der Waals surface area contributed by atoms with Crippen molar-refractivity contribution in [2.24, 2.45) is 0 Å². The van der Waals surface area contributed by atoms with Crippen LogP contribution in [0.1, 0.15) is 38.0 Å². The van der Waals surface area contributed by atoms with Crippen molar-refractivity contribution < 1.29 is 33.0 Å². The average Bonchev–Trinajstić information content (AvgIpc) is 3.07. The van der Waals surface area contributed by atoms with Gasteiger partial charge in [-0.25, -0.2) is 0 Å². The monoisotopic (exact) mass is 568 g/mol. The molecule has 212 valence electrons. The quantitative estimate of drug-likeness (QED) is 0.0744. The van der Waals surface area contributed by atoms with Crippen molar-refractivity contribution in [2.45, 2.75) is 6.92 Å². The highest BCUT2D eigenvalue weighted by Crippen LogP contribution is 2.20. The summed E-state index contributed by atoms with van der Waals surface area (Å²) in [7, 11) is 0. The van der Waals surface area contributed by atoms with Gasteiger partial charge >= 0.3 is 5.97 Å². The highest BCUT2D eigenvalue weighted by molar-refractivity contribution is 6.25. The molecule has 3 aromatic carbocycles. The summed E-state index contributed by atoms with van der Waals surface area (Å²) in [5.74, 6) is -1.95. The number of rotatable bonds is 11. The predicted octanol–water partition coefficient (Wildman–Crippen LogP) is 4.90. The summed E-state index contributed by atoms with van der Waals surface area (Å²) < 4.78 is 8.15. The normalized spacial score (nSPS) is 10.4. The summed E-state index contributed by atoms with van der Waals surface area (Å²) >= 11 is 0. The maximum atomic E-state index is 13.5. The van der Waals surface area contributed by atoms with E-state index in [1.807, 2.05) is 12.1 Å². The Morgan fingerprint density at radius 2 is 0.837 bits per heavy atom. The molecule has 0 unspecified atom stereocenters. The summed E-state index contributed by atoms with van der Waals surface area (Å²) in [5.41, 5.74) is 2.78. The summed E-state index contributed by atoms with van der Waals surface area (Å²) in [6.07, 6.45) is 6.59. The minimum Gasteiger partial charge on any atom is -0.465 e. The van der Waals surface area contributed by atoms with E-state index in [1.165, 1.54) is 9.13 Å². The maximum absolute atomic E-state index is 13.5. The molecular formula is C36H28N2O5. The Balaban J connectivity index is 1.43. The van der Waals surface area contributed by atoms with Gasteiger partial charge in [-0.3, -0.25) is 23.5 Å². The number of carbonyl (C=O) groups excluding carboxylic acids is 4. The second-order valence-electron chi connectivity index (χ2n) is 9.49. The van der Waals surface area contributed by atoms with Gasteiger partial charge in [-0.15, -0.1) is 0 Å². The SMILES string of the molecule is CCOC(=O)[C-](C(=O)c1ccccc1)[n+]1ccc(-c2cc[n+]([C-](C(=O)c3ccccc3)C(=O)c3ccccc3)cc2)cc1. The largest absolute Gasteiger partial charge is 0.465 e. The maximum Gasteiger partial charge on any atom is 0.363 e. The lowest BCUT2D eigenvalue weighted by atomic mass is 9.95. The first-order chi connectivity index (χ1) is 21.0. The van der Waals surface area contributed by atoms with Crippen LogP contribution in [0.2, 0.25) is 0 Å². The molecule has 0 N–H and O–H groups in total. The van der Waals surface area contributed by atoms with Crippen LogP contribution >= 0.6 is 0 Å². The molecular weight excluding hydrogens is 540 g/mol. The number of pyridine rings is 2. The van der Waals surface area contributed by atoms with Crippen molar-refractivity contribution in [2.75, 3.05) is 6.61 Å². The molecule has 2 aromatic heterocycles. The first-order valence-electron chi connectivity index (χ1n) is 13.7. The molecule has 0 saturated heterocycles. The van der Waals surface area contributed by atoms with E-state index in [1.54, 1.807) is 135 Å². The fourth-order valence-electron chi connectivity index (χ4n) is 4.57. The molecule has 0 spiro atoms. The third-order valence-corrected chi connectivity index (χ3v) is 6.73. The van der Waals surface area contributed by atoms with E-state index in [-0.39, 0.29) is 18.7 Å². The number of hydrogen-bond acceptors (Lipinski definition) is 5. The van der Waals surface area contributed by atoms with Crippen molar-refractivity contribution in [1.82, 2.24) is 0 Å². The molecule has 0 aliphatic carbocycles. The van der Waals surface area contributed by atoms with Gasteiger partial charge < -0.3 is 9.53 Å². The number of nitrogens with zero attached hydrogens (tertiary/aromatic N) is 2. The van der Waals surface area contributed by atoms with Crippen LogP contribution in [0.25, 0.3) is 11.1 Å². The summed E-state index contributed by atoms with van der Waals surface area (Å²) in [6, 6.07) is 32.9. The standard InChI is InChI=1S/C36H28N2O5/c1-2-43-36(42)32(35(41)30-16-10-5-11-17-30)38-24-20-27(21-25-38)26-18-22-37(23-19-26)31(33(39)28-12-6-3-7-13-28)34(40)29-14-8-4-9-15-29/h3-25H,2H2,1H3. The molecule has 0 atom stereocenters. The van der Waals surface area contributed by atoms with Crippen LogP contribution in [0, 0.1) is 12.1 Å². The Morgan fingerprint density at radius 3 is 1.19 bits per heavy atom. The van der Waals surface area contributed by atoms with E-state index in [0.717, 1.165) is 11.1 Å². The molecule has 2 heterocycles. The van der Waals surface area contributed by atoms with Crippen molar-refractivity contribution in [3.8, 4) is 11.1 Å². The lowest BCUT2D eigenvalue weighted by Gasteiger charge is -2.17. The van der Waals surface area contributed by atoms with Gasteiger partial charge in [0.05, 0.1) is 19.0 Å². The molecule has 0 bridgehead atoms. The number of benzene rings is 3. The van der Waals surface area contributed by atoms with Crippen LogP contribution in [-0.4, -0.2) is 29.9 Å². The second-order valence-corrected chi connectivity index (χ2v) is 9.49. The number of esters is 1. The predicted molar refractivity (Wildman–Crippen MR) is 159 cm³/mol. The first kappa shape index (κ1) is 28.7. The van der Waals surface area contributed by atoms with Gasteiger partial charge in [0.1, 0.15) is 12.4 Å². The molecule has 0 aliphatic rings. The van der Waals surface area contributed by atoms with Crippen molar-refractivity contribution in [3.05, 3.63) is 169 Å². The molecule has 0 saturated carbocycles. The highest BCUT2D eigenvalue weighted by atomic mass is 16.5. The van der Waals surface area contributed by atoms with E-state index in [4.69, 9.17) is 4.74 Å². The minimum absolute atomic E-state index is 0.00274. The van der Waals surface area contributed by atoms with E-state index >= 15 is 0 Å². The summed E-state index contributed by atoms with van der Waals surface area (Å²) in [6.45, 7) is 1.81. The van der Waals surface area contributed by atoms with Crippen LogP contribution in [0.5, 0.6) is 0 Å². The molecule has 43 heavy (non-hydrogen) atoms. The zero-order chi connectivity index (χ0) is 30.2. The number of hydrogen-bond donors (Lipinski definition) is 0. The number of ether oxygens (including phenoxy) is 1. The number of aromatic nitrogens is 2. The fourth-order valence-corrected chi connectivity index (χ4v) is 4.57. The van der Waals surface area contributed by atoms with Gasteiger partial charge in [0.25, 0.3) is 6.04 Å².